The summed E-state index contributed by atoms with van der Waals surface area (Å²) in [6.07, 6.45) is 2.31. The number of nitrogens with zero attached hydrogens (tertiary/aromatic N) is 1. The highest BCUT2D eigenvalue weighted by molar-refractivity contribution is 6.74. The lowest BCUT2D eigenvalue weighted by Crippen LogP contribution is -2.50. The summed E-state index contributed by atoms with van der Waals surface area (Å²) in [6, 6.07) is 0.255. The van der Waals surface area contributed by atoms with Gasteiger partial charge in [-0.3, -0.25) is 4.79 Å². The lowest BCUT2D eigenvalue weighted by molar-refractivity contribution is -0.129. The molecule has 0 spiro atoms. The zero-order valence-corrected chi connectivity index (χ0v) is 13.6. The fourth-order valence-electron chi connectivity index (χ4n) is 2.98. The summed E-state index contributed by atoms with van der Waals surface area (Å²) < 4.78 is 12.1. The Hall–Kier alpha value is -0.393. The van der Waals surface area contributed by atoms with Gasteiger partial charge in [0, 0.05) is 6.54 Å². The highest BCUT2D eigenvalue weighted by atomic mass is 28.4. The fraction of sp³-hybridized carbons (Fsp3) is 0.929. The third-order valence-corrected chi connectivity index (χ3v) is 9.82. The van der Waals surface area contributed by atoms with E-state index in [9.17, 15) is 4.79 Å². The van der Waals surface area contributed by atoms with Crippen molar-refractivity contribution in [2.75, 3.05) is 6.54 Å². The summed E-state index contributed by atoms with van der Waals surface area (Å²) in [4.78, 5) is 14.1. The van der Waals surface area contributed by atoms with E-state index < -0.39 is 8.32 Å². The molecule has 0 bridgehead atoms. The Bertz CT molecular complexity index is 404. The van der Waals surface area contributed by atoms with Gasteiger partial charge in [-0.1, -0.05) is 20.8 Å². The number of hydrogen-bond donors (Lipinski definition) is 0. The van der Waals surface area contributed by atoms with Gasteiger partial charge in [-0.25, -0.2) is 0 Å². The molecule has 0 aliphatic carbocycles. The van der Waals surface area contributed by atoms with E-state index in [0.29, 0.717) is 18.6 Å². The quantitative estimate of drug-likeness (QED) is 0.576. The monoisotopic (exact) mass is 283 g/mol. The largest absolute Gasteiger partial charge is 0.411 e. The maximum atomic E-state index is 12.1. The van der Waals surface area contributed by atoms with E-state index in [4.69, 9.17) is 9.16 Å². The summed E-state index contributed by atoms with van der Waals surface area (Å²) in [5, 5.41) is 0.191. The molecule has 1 amide bonds. The highest BCUT2D eigenvalue weighted by Crippen LogP contribution is 2.43. The molecule has 0 aromatic rings. The topological polar surface area (TPSA) is 42.1 Å². The van der Waals surface area contributed by atoms with Crippen molar-refractivity contribution in [2.24, 2.45) is 0 Å². The summed E-state index contributed by atoms with van der Waals surface area (Å²) >= 11 is 0. The molecule has 0 saturated carbocycles. The molecule has 0 N–H and O–H groups in total. The molecule has 0 unspecified atom stereocenters. The van der Waals surface area contributed by atoms with Gasteiger partial charge in [0.25, 0.3) is 0 Å². The average Bonchev–Trinajstić information content (AvgIpc) is 2.96. The molecular weight excluding hydrogens is 258 g/mol. The van der Waals surface area contributed by atoms with Crippen molar-refractivity contribution >= 4 is 14.2 Å². The van der Waals surface area contributed by atoms with Gasteiger partial charge in [0.15, 0.2) is 8.32 Å². The van der Waals surface area contributed by atoms with Gasteiger partial charge in [0.1, 0.15) is 6.10 Å². The van der Waals surface area contributed by atoms with E-state index in [-0.39, 0.29) is 23.1 Å². The van der Waals surface area contributed by atoms with Crippen molar-refractivity contribution in [1.29, 1.82) is 0 Å². The van der Waals surface area contributed by atoms with Crippen LogP contribution in [-0.2, 0) is 14.0 Å². The molecule has 3 aliphatic rings. The molecule has 0 aromatic heterocycles. The van der Waals surface area contributed by atoms with E-state index in [1.165, 1.54) is 0 Å². The number of ether oxygens (including phenoxy) is 1. The van der Waals surface area contributed by atoms with Crippen LogP contribution in [0.15, 0.2) is 0 Å². The van der Waals surface area contributed by atoms with Gasteiger partial charge in [-0.2, -0.15) is 0 Å². The van der Waals surface area contributed by atoms with Crippen LogP contribution in [-0.4, -0.2) is 50.0 Å². The maximum absolute atomic E-state index is 12.1. The standard InChI is InChI=1S/C14H25NO3Si/c1-14(2,3)19(4,5)18-10-7-13(16)15-8-12-11(17-12)6-9(10)15/h9-12H,6-8H2,1-5H3/t9-,10-,11+,12-/m1/s1. The second-order valence-electron chi connectivity index (χ2n) is 7.68. The van der Waals surface area contributed by atoms with Gasteiger partial charge in [0.05, 0.1) is 24.7 Å². The third-order valence-electron chi connectivity index (χ3n) is 5.32. The van der Waals surface area contributed by atoms with Crippen LogP contribution in [0.3, 0.4) is 0 Å². The zero-order chi connectivity index (χ0) is 14.0. The molecule has 19 heavy (non-hydrogen) atoms. The third kappa shape index (κ3) is 2.26. The summed E-state index contributed by atoms with van der Waals surface area (Å²) in [6.45, 7) is 12.0. The highest BCUT2D eigenvalue weighted by Gasteiger charge is 2.55. The number of piperidine rings is 1. The van der Waals surface area contributed by atoms with E-state index >= 15 is 0 Å². The minimum Gasteiger partial charge on any atom is -0.411 e. The van der Waals surface area contributed by atoms with Gasteiger partial charge in [0.2, 0.25) is 5.91 Å². The zero-order valence-electron chi connectivity index (χ0n) is 12.6. The van der Waals surface area contributed by atoms with E-state index in [1.807, 2.05) is 4.90 Å². The van der Waals surface area contributed by atoms with Crippen LogP contribution in [0.2, 0.25) is 18.1 Å². The molecule has 5 heteroatoms. The Kier molecular flexibility index (Phi) is 2.90. The molecule has 4 atom stereocenters. The van der Waals surface area contributed by atoms with Crippen LogP contribution >= 0.6 is 0 Å². The Labute approximate surface area is 116 Å². The van der Waals surface area contributed by atoms with Crippen LogP contribution in [0.1, 0.15) is 33.6 Å². The van der Waals surface area contributed by atoms with Crippen molar-refractivity contribution in [1.82, 2.24) is 4.90 Å². The summed E-state index contributed by atoms with van der Waals surface area (Å²) in [7, 11) is -1.80. The number of epoxide rings is 1. The van der Waals surface area contributed by atoms with Crippen molar-refractivity contribution in [3.63, 3.8) is 0 Å². The van der Waals surface area contributed by atoms with Crippen molar-refractivity contribution in [3.8, 4) is 0 Å². The molecule has 3 aliphatic heterocycles. The Morgan fingerprint density at radius 3 is 2.63 bits per heavy atom. The van der Waals surface area contributed by atoms with Crippen LogP contribution < -0.4 is 0 Å². The molecule has 4 nitrogen and oxygen atoms in total. The Morgan fingerprint density at radius 1 is 1.32 bits per heavy atom. The van der Waals surface area contributed by atoms with E-state index in [1.54, 1.807) is 0 Å². The van der Waals surface area contributed by atoms with Gasteiger partial charge in [-0.15, -0.1) is 0 Å². The molecule has 108 valence electrons. The number of carbonyl (C=O) groups excluding carboxylic acids is 1. The second-order valence-corrected chi connectivity index (χ2v) is 12.4. The van der Waals surface area contributed by atoms with Gasteiger partial charge < -0.3 is 14.1 Å². The van der Waals surface area contributed by atoms with E-state index in [0.717, 1.165) is 13.0 Å². The molecule has 3 heterocycles. The first-order valence-corrected chi connectivity index (χ1v) is 10.2. The number of rotatable bonds is 2. The van der Waals surface area contributed by atoms with Crippen LogP contribution in [0, 0.1) is 0 Å². The predicted octanol–water partition coefficient (Wildman–Crippen LogP) is 2.15. The average molecular weight is 283 g/mol. The lowest BCUT2D eigenvalue weighted by atomic mass is 10.0. The maximum Gasteiger partial charge on any atom is 0.225 e. The fourth-order valence-corrected chi connectivity index (χ4v) is 4.33. The number of fused-ring (bicyclic) bond motifs is 2. The first-order chi connectivity index (χ1) is 8.69. The molecule has 3 fully saturated rings. The first-order valence-electron chi connectivity index (χ1n) is 7.32. The van der Waals surface area contributed by atoms with Crippen LogP contribution in [0.4, 0.5) is 0 Å². The minimum atomic E-state index is -1.80. The van der Waals surface area contributed by atoms with Crippen molar-refractivity contribution < 1.29 is 14.0 Å². The first kappa shape index (κ1) is 13.6. The molecule has 3 saturated heterocycles. The minimum absolute atomic E-state index is 0.0820. The van der Waals surface area contributed by atoms with E-state index in [2.05, 4.69) is 33.9 Å². The predicted molar refractivity (Wildman–Crippen MR) is 75.5 cm³/mol. The Balaban J connectivity index is 1.73. The van der Waals surface area contributed by atoms with Gasteiger partial charge in [-0.05, 0) is 24.6 Å². The Morgan fingerprint density at radius 2 is 2.00 bits per heavy atom. The molecule has 3 rings (SSSR count). The molecular formula is C14H25NO3Si. The second kappa shape index (κ2) is 4.05. The van der Waals surface area contributed by atoms with Crippen molar-refractivity contribution in [2.45, 2.75) is 76.1 Å². The summed E-state index contributed by atoms with van der Waals surface area (Å²) in [5.41, 5.74) is 0. The van der Waals surface area contributed by atoms with Gasteiger partial charge >= 0.3 is 0 Å². The summed E-state index contributed by atoms with van der Waals surface area (Å²) in [5.74, 6) is 0.252. The molecule has 0 radical (unpaired) electrons. The number of carbonyl (C=O) groups is 1. The lowest BCUT2D eigenvalue weighted by Gasteiger charge is -2.40. The number of hydrogen-bond acceptors (Lipinski definition) is 3. The smallest absolute Gasteiger partial charge is 0.225 e. The normalized spacial score (nSPS) is 38.2. The number of amides is 1. The van der Waals surface area contributed by atoms with Crippen LogP contribution in [0.25, 0.3) is 0 Å². The van der Waals surface area contributed by atoms with Crippen LogP contribution in [0.5, 0.6) is 0 Å². The SMILES string of the molecule is CC(C)(C)[Si](C)(C)O[C@@H]1CC(=O)N2C[C@H]3O[C@H]3C[C@H]12. The van der Waals surface area contributed by atoms with Crippen molar-refractivity contribution in [3.05, 3.63) is 0 Å². The molecule has 0 aromatic carbocycles.